The third-order valence-electron chi connectivity index (χ3n) is 3.25. The summed E-state index contributed by atoms with van der Waals surface area (Å²) in [4.78, 5) is 1.41. The molecule has 1 aliphatic carbocycles. The maximum atomic E-state index is 9.43. The van der Waals surface area contributed by atoms with E-state index in [1.165, 1.54) is 10.4 Å². The Morgan fingerprint density at radius 3 is 2.86 bits per heavy atom. The SMILES string of the molecule is CCc1ccsc1C1(CN)CC(O)C1. The molecule has 1 saturated carbocycles. The van der Waals surface area contributed by atoms with Gasteiger partial charge in [-0.05, 0) is 36.3 Å². The van der Waals surface area contributed by atoms with Crippen LogP contribution in [0.4, 0.5) is 0 Å². The number of nitrogens with two attached hydrogens (primary N) is 1. The van der Waals surface area contributed by atoms with Crippen LogP contribution in [-0.4, -0.2) is 17.8 Å². The van der Waals surface area contributed by atoms with E-state index in [0.29, 0.717) is 6.54 Å². The van der Waals surface area contributed by atoms with E-state index in [2.05, 4.69) is 18.4 Å². The van der Waals surface area contributed by atoms with E-state index >= 15 is 0 Å². The summed E-state index contributed by atoms with van der Waals surface area (Å²) in [5.41, 5.74) is 7.35. The molecule has 0 amide bonds. The normalized spacial score (nSPS) is 31.5. The molecule has 1 fully saturated rings. The van der Waals surface area contributed by atoms with Crippen LogP contribution in [0.1, 0.15) is 30.2 Å². The monoisotopic (exact) mass is 211 g/mol. The molecule has 78 valence electrons. The lowest BCUT2D eigenvalue weighted by molar-refractivity contribution is 0.0236. The van der Waals surface area contributed by atoms with Crippen molar-refractivity contribution >= 4 is 11.3 Å². The first kappa shape index (κ1) is 10.1. The fraction of sp³-hybridized carbons (Fsp3) is 0.636. The number of thiophene rings is 1. The van der Waals surface area contributed by atoms with Crippen LogP contribution in [0.25, 0.3) is 0 Å². The van der Waals surface area contributed by atoms with E-state index in [0.717, 1.165) is 19.3 Å². The Balaban J connectivity index is 2.28. The zero-order valence-corrected chi connectivity index (χ0v) is 9.31. The van der Waals surface area contributed by atoms with Crippen LogP contribution in [0.5, 0.6) is 0 Å². The quantitative estimate of drug-likeness (QED) is 0.798. The van der Waals surface area contributed by atoms with Crippen LogP contribution in [0.3, 0.4) is 0 Å². The zero-order chi connectivity index (χ0) is 10.2. The van der Waals surface area contributed by atoms with Crippen LogP contribution >= 0.6 is 11.3 Å². The van der Waals surface area contributed by atoms with Gasteiger partial charge in [-0.1, -0.05) is 6.92 Å². The molecule has 0 aromatic carbocycles. The third kappa shape index (κ3) is 1.40. The summed E-state index contributed by atoms with van der Waals surface area (Å²) < 4.78 is 0. The fourth-order valence-electron chi connectivity index (χ4n) is 2.37. The molecule has 14 heavy (non-hydrogen) atoms. The molecule has 3 N–H and O–H groups in total. The Bertz CT molecular complexity index is 315. The van der Waals surface area contributed by atoms with Crippen molar-refractivity contribution in [2.24, 2.45) is 5.73 Å². The highest BCUT2D eigenvalue weighted by Gasteiger charge is 2.45. The number of aliphatic hydroxyl groups excluding tert-OH is 1. The molecule has 2 rings (SSSR count). The first-order valence-electron chi connectivity index (χ1n) is 5.17. The highest BCUT2D eigenvalue weighted by atomic mass is 32.1. The lowest BCUT2D eigenvalue weighted by atomic mass is 9.65. The second-order valence-corrected chi connectivity index (χ2v) is 5.09. The van der Waals surface area contributed by atoms with Crippen LogP contribution in [0.15, 0.2) is 11.4 Å². The molecule has 2 nitrogen and oxygen atoms in total. The van der Waals surface area contributed by atoms with E-state index in [4.69, 9.17) is 5.73 Å². The molecule has 0 atom stereocenters. The largest absolute Gasteiger partial charge is 0.393 e. The van der Waals surface area contributed by atoms with Crippen LogP contribution in [-0.2, 0) is 11.8 Å². The minimum Gasteiger partial charge on any atom is -0.393 e. The molecular formula is C11H17NOS. The molecule has 1 aliphatic rings. The molecule has 0 saturated heterocycles. The Labute approximate surface area is 88.8 Å². The van der Waals surface area contributed by atoms with Crippen molar-refractivity contribution in [2.75, 3.05) is 6.54 Å². The minimum absolute atomic E-state index is 0.0962. The fourth-order valence-corrected chi connectivity index (χ4v) is 3.60. The van der Waals surface area contributed by atoms with Gasteiger partial charge in [-0.15, -0.1) is 11.3 Å². The number of aliphatic hydroxyl groups is 1. The standard InChI is InChI=1S/C11H17NOS/c1-2-8-3-4-14-10(8)11(7-12)5-9(13)6-11/h3-4,9,13H,2,5-7,12H2,1H3. The lowest BCUT2D eigenvalue weighted by Gasteiger charge is -2.44. The van der Waals surface area contributed by atoms with Gasteiger partial charge in [0.2, 0.25) is 0 Å². The van der Waals surface area contributed by atoms with Crippen molar-refractivity contribution in [1.29, 1.82) is 0 Å². The molecule has 3 heteroatoms. The third-order valence-corrected chi connectivity index (χ3v) is 4.46. The average Bonchev–Trinajstić information content (AvgIpc) is 2.60. The van der Waals surface area contributed by atoms with Crippen molar-refractivity contribution in [3.63, 3.8) is 0 Å². The molecule has 0 spiro atoms. The van der Waals surface area contributed by atoms with Crippen molar-refractivity contribution in [1.82, 2.24) is 0 Å². The number of hydrogen-bond acceptors (Lipinski definition) is 3. The van der Waals surface area contributed by atoms with Gasteiger partial charge in [-0.2, -0.15) is 0 Å². The number of rotatable bonds is 3. The van der Waals surface area contributed by atoms with E-state index in [1.807, 2.05) is 0 Å². The maximum Gasteiger partial charge on any atom is 0.0558 e. The van der Waals surface area contributed by atoms with Crippen molar-refractivity contribution in [3.05, 3.63) is 21.9 Å². The summed E-state index contributed by atoms with van der Waals surface area (Å²) in [6.07, 6.45) is 2.62. The Morgan fingerprint density at radius 1 is 1.64 bits per heavy atom. The topological polar surface area (TPSA) is 46.2 Å². The number of aryl methyl sites for hydroxylation is 1. The van der Waals surface area contributed by atoms with Gasteiger partial charge in [0.1, 0.15) is 0 Å². The van der Waals surface area contributed by atoms with Gasteiger partial charge >= 0.3 is 0 Å². The second-order valence-electron chi connectivity index (χ2n) is 4.18. The second kappa shape index (κ2) is 3.65. The van der Waals surface area contributed by atoms with Gasteiger partial charge < -0.3 is 10.8 Å². The van der Waals surface area contributed by atoms with Gasteiger partial charge in [0.05, 0.1) is 6.10 Å². The molecular weight excluding hydrogens is 194 g/mol. The van der Waals surface area contributed by atoms with Gasteiger partial charge in [0.15, 0.2) is 0 Å². The summed E-state index contributed by atoms with van der Waals surface area (Å²) in [6.45, 7) is 2.84. The van der Waals surface area contributed by atoms with Gasteiger partial charge in [-0.3, -0.25) is 0 Å². The lowest BCUT2D eigenvalue weighted by Crippen LogP contribution is -2.49. The first-order valence-corrected chi connectivity index (χ1v) is 6.05. The summed E-state index contributed by atoms with van der Waals surface area (Å²) in [7, 11) is 0. The van der Waals surface area contributed by atoms with Gasteiger partial charge in [-0.25, -0.2) is 0 Å². The molecule has 0 bridgehead atoms. The van der Waals surface area contributed by atoms with E-state index < -0.39 is 0 Å². The maximum absolute atomic E-state index is 9.43. The molecule has 0 aliphatic heterocycles. The smallest absolute Gasteiger partial charge is 0.0558 e. The van der Waals surface area contributed by atoms with Crippen LogP contribution in [0.2, 0.25) is 0 Å². The summed E-state index contributed by atoms with van der Waals surface area (Å²) in [6, 6.07) is 2.18. The van der Waals surface area contributed by atoms with E-state index in [-0.39, 0.29) is 11.5 Å². The minimum atomic E-state index is -0.134. The Hall–Kier alpha value is -0.380. The molecule has 1 aromatic heterocycles. The highest BCUT2D eigenvalue weighted by molar-refractivity contribution is 7.10. The predicted octanol–water partition coefficient (Wildman–Crippen LogP) is 1.66. The number of hydrogen-bond donors (Lipinski definition) is 2. The van der Waals surface area contributed by atoms with Crippen molar-refractivity contribution < 1.29 is 5.11 Å². The highest BCUT2D eigenvalue weighted by Crippen LogP contribution is 2.46. The summed E-state index contributed by atoms with van der Waals surface area (Å²) >= 11 is 1.79. The molecule has 1 aromatic rings. The zero-order valence-electron chi connectivity index (χ0n) is 8.49. The molecule has 0 radical (unpaired) electrons. The van der Waals surface area contributed by atoms with Crippen LogP contribution in [0, 0.1) is 0 Å². The Morgan fingerprint density at radius 2 is 2.36 bits per heavy atom. The Kier molecular flexibility index (Phi) is 2.64. The predicted molar refractivity (Wildman–Crippen MR) is 59.7 cm³/mol. The molecule has 1 heterocycles. The van der Waals surface area contributed by atoms with E-state index in [1.54, 1.807) is 11.3 Å². The van der Waals surface area contributed by atoms with Gasteiger partial charge in [0, 0.05) is 16.8 Å². The van der Waals surface area contributed by atoms with Crippen LogP contribution < -0.4 is 5.73 Å². The van der Waals surface area contributed by atoms with Gasteiger partial charge in [0.25, 0.3) is 0 Å². The molecule has 0 unspecified atom stereocenters. The summed E-state index contributed by atoms with van der Waals surface area (Å²) in [5.74, 6) is 0. The van der Waals surface area contributed by atoms with Crippen molar-refractivity contribution in [3.8, 4) is 0 Å². The summed E-state index contributed by atoms with van der Waals surface area (Å²) in [5, 5.41) is 11.6. The van der Waals surface area contributed by atoms with Crippen molar-refractivity contribution in [2.45, 2.75) is 37.7 Å². The van der Waals surface area contributed by atoms with E-state index in [9.17, 15) is 5.11 Å². The average molecular weight is 211 g/mol. The first-order chi connectivity index (χ1) is 6.72.